The Bertz CT molecular complexity index is 944. The summed E-state index contributed by atoms with van der Waals surface area (Å²) in [7, 11) is 4.80. The lowest BCUT2D eigenvalue weighted by molar-refractivity contribution is 0.0623. The van der Waals surface area contributed by atoms with Gasteiger partial charge in [-0.15, -0.1) is 0 Å². The standard InChI is InChI=1S/C18H24N4O3/c1-11-7-5-6-8-14(11)20(2)17(24)13-10-9-12-15(19-13)21(3)18(25)22(4)16(12)23/h9-11,14H,5-8H2,1-4H3. The molecule has 25 heavy (non-hydrogen) atoms. The lowest BCUT2D eigenvalue weighted by Crippen LogP contribution is -2.43. The molecule has 1 amide bonds. The molecule has 3 rings (SSSR count). The Morgan fingerprint density at radius 1 is 1.16 bits per heavy atom. The van der Waals surface area contributed by atoms with Gasteiger partial charge in [-0.25, -0.2) is 9.78 Å². The van der Waals surface area contributed by atoms with E-state index in [1.165, 1.54) is 18.0 Å². The number of fused-ring (bicyclic) bond motifs is 1. The molecule has 0 radical (unpaired) electrons. The predicted molar refractivity (Wildman–Crippen MR) is 95.7 cm³/mol. The zero-order chi connectivity index (χ0) is 18.3. The van der Waals surface area contributed by atoms with Gasteiger partial charge in [0, 0.05) is 27.2 Å². The zero-order valence-electron chi connectivity index (χ0n) is 15.2. The third kappa shape index (κ3) is 2.88. The van der Waals surface area contributed by atoms with E-state index in [1.807, 2.05) is 7.05 Å². The maximum atomic E-state index is 12.9. The third-order valence-electron chi connectivity index (χ3n) is 5.40. The van der Waals surface area contributed by atoms with Crippen molar-refractivity contribution in [3.63, 3.8) is 0 Å². The molecule has 2 unspecified atom stereocenters. The number of carbonyl (C=O) groups is 1. The molecule has 2 heterocycles. The van der Waals surface area contributed by atoms with Crippen molar-refractivity contribution < 1.29 is 4.79 Å². The van der Waals surface area contributed by atoms with Gasteiger partial charge in [0.15, 0.2) is 0 Å². The highest BCUT2D eigenvalue weighted by atomic mass is 16.2. The predicted octanol–water partition coefficient (Wildman–Crippen LogP) is 1.28. The van der Waals surface area contributed by atoms with E-state index in [0.29, 0.717) is 11.3 Å². The van der Waals surface area contributed by atoms with Gasteiger partial charge in [0.25, 0.3) is 11.5 Å². The molecule has 7 heteroatoms. The maximum absolute atomic E-state index is 12.9. The van der Waals surface area contributed by atoms with Gasteiger partial charge in [-0.05, 0) is 30.9 Å². The molecule has 1 fully saturated rings. The number of hydrogen-bond acceptors (Lipinski definition) is 4. The Labute approximate surface area is 145 Å². The van der Waals surface area contributed by atoms with Crippen molar-refractivity contribution in [2.75, 3.05) is 7.05 Å². The van der Waals surface area contributed by atoms with Gasteiger partial charge in [0.2, 0.25) is 0 Å². The van der Waals surface area contributed by atoms with Gasteiger partial charge in [-0.2, -0.15) is 0 Å². The van der Waals surface area contributed by atoms with Gasteiger partial charge in [-0.3, -0.25) is 18.7 Å². The van der Waals surface area contributed by atoms with Crippen LogP contribution in [0.4, 0.5) is 0 Å². The van der Waals surface area contributed by atoms with Crippen molar-refractivity contribution in [1.82, 2.24) is 19.0 Å². The fourth-order valence-corrected chi connectivity index (χ4v) is 3.78. The van der Waals surface area contributed by atoms with Crippen LogP contribution in [0.5, 0.6) is 0 Å². The quantitative estimate of drug-likeness (QED) is 0.822. The Morgan fingerprint density at radius 2 is 1.84 bits per heavy atom. The van der Waals surface area contributed by atoms with Crippen LogP contribution in [0.1, 0.15) is 43.1 Å². The summed E-state index contributed by atoms with van der Waals surface area (Å²) in [6.45, 7) is 2.18. The molecule has 1 aliphatic carbocycles. The molecule has 2 atom stereocenters. The topological polar surface area (TPSA) is 77.2 Å². The number of aromatic nitrogens is 3. The van der Waals surface area contributed by atoms with E-state index in [4.69, 9.17) is 0 Å². The summed E-state index contributed by atoms with van der Waals surface area (Å²) in [4.78, 5) is 43.3. The summed E-state index contributed by atoms with van der Waals surface area (Å²) in [6, 6.07) is 3.35. The Balaban J connectivity index is 2.03. The van der Waals surface area contributed by atoms with Crippen molar-refractivity contribution >= 4 is 16.9 Å². The summed E-state index contributed by atoms with van der Waals surface area (Å²) < 4.78 is 2.35. The normalized spacial score (nSPS) is 20.6. The van der Waals surface area contributed by atoms with E-state index in [-0.39, 0.29) is 23.3 Å². The Hall–Kier alpha value is -2.44. The SMILES string of the molecule is CC1CCCCC1N(C)C(=O)c1ccc2c(=O)n(C)c(=O)n(C)c2n1. The smallest absolute Gasteiger partial charge is 0.332 e. The van der Waals surface area contributed by atoms with Crippen LogP contribution in [0.2, 0.25) is 0 Å². The van der Waals surface area contributed by atoms with Gasteiger partial charge in [0.05, 0.1) is 5.39 Å². The fourth-order valence-electron chi connectivity index (χ4n) is 3.78. The highest BCUT2D eigenvalue weighted by Gasteiger charge is 2.29. The lowest BCUT2D eigenvalue weighted by Gasteiger charge is -2.36. The summed E-state index contributed by atoms with van der Waals surface area (Å²) in [5, 5.41) is 0.329. The second-order valence-corrected chi connectivity index (χ2v) is 7.02. The van der Waals surface area contributed by atoms with Crippen LogP contribution in [0.15, 0.2) is 21.7 Å². The number of hydrogen-bond donors (Lipinski definition) is 0. The van der Waals surface area contributed by atoms with Crippen LogP contribution in [-0.4, -0.2) is 38.0 Å². The average molecular weight is 344 g/mol. The molecule has 0 spiro atoms. The van der Waals surface area contributed by atoms with E-state index >= 15 is 0 Å². The molecule has 7 nitrogen and oxygen atoms in total. The van der Waals surface area contributed by atoms with Crippen molar-refractivity contribution in [2.45, 2.75) is 38.6 Å². The molecule has 134 valence electrons. The first-order chi connectivity index (χ1) is 11.8. The van der Waals surface area contributed by atoms with Gasteiger partial charge in [0.1, 0.15) is 11.3 Å². The second-order valence-electron chi connectivity index (χ2n) is 7.02. The average Bonchev–Trinajstić information content (AvgIpc) is 2.63. The first-order valence-electron chi connectivity index (χ1n) is 8.67. The zero-order valence-corrected chi connectivity index (χ0v) is 15.2. The molecule has 1 aliphatic rings. The highest BCUT2D eigenvalue weighted by molar-refractivity contribution is 5.94. The van der Waals surface area contributed by atoms with Crippen LogP contribution in [0.3, 0.4) is 0 Å². The van der Waals surface area contributed by atoms with Crippen LogP contribution in [0.25, 0.3) is 11.0 Å². The largest absolute Gasteiger partial charge is 0.337 e. The summed E-state index contributed by atoms with van der Waals surface area (Å²) in [5.41, 5.74) is -0.359. The molecular formula is C18H24N4O3. The first kappa shape index (κ1) is 17.4. The second kappa shape index (κ2) is 6.46. The van der Waals surface area contributed by atoms with Crippen molar-refractivity contribution in [2.24, 2.45) is 20.0 Å². The van der Waals surface area contributed by atoms with Crippen molar-refractivity contribution in [3.8, 4) is 0 Å². The maximum Gasteiger partial charge on any atom is 0.332 e. The molecule has 2 aromatic rings. The molecule has 0 N–H and O–H groups in total. The number of nitrogens with zero attached hydrogens (tertiary/aromatic N) is 4. The Morgan fingerprint density at radius 3 is 2.52 bits per heavy atom. The molecule has 0 aliphatic heterocycles. The molecular weight excluding hydrogens is 320 g/mol. The molecule has 2 aromatic heterocycles. The highest BCUT2D eigenvalue weighted by Crippen LogP contribution is 2.28. The monoisotopic (exact) mass is 344 g/mol. The van der Waals surface area contributed by atoms with Crippen LogP contribution >= 0.6 is 0 Å². The Kier molecular flexibility index (Phi) is 4.49. The van der Waals surface area contributed by atoms with E-state index in [0.717, 1.165) is 23.8 Å². The van der Waals surface area contributed by atoms with E-state index < -0.39 is 11.2 Å². The lowest BCUT2D eigenvalue weighted by atomic mass is 9.85. The number of amides is 1. The summed E-state index contributed by atoms with van der Waals surface area (Å²) >= 11 is 0. The minimum absolute atomic E-state index is 0.172. The number of carbonyl (C=O) groups excluding carboxylic acids is 1. The number of pyridine rings is 1. The summed E-state index contributed by atoms with van der Waals surface area (Å²) in [6.07, 6.45) is 4.45. The van der Waals surface area contributed by atoms with E-state index in [1.54, 1.807) is 24.1 Å². The fraction of sp³-hybridized carbons (Fsp3) is 0.556. The van der Waals surface area contributed by atoms with Crippen molar-refractivity contribution in [3.05, 3.63) is 38.7 Å². The van der Waals surface area contributed by atoms with Crippen molar-refractivity contribution in [1.29, 1.82) is 0 Å². The van der Waals surface area contributed by atoms with Gasteiger partial charge >= 0.3 is 5.69 Å². The molecule has 0 bridgehead atoms. The van der Waals surface area contributed by atoms with Crippen LogP contribution < -0.4 is 11.2 Å². The van der Waals surface area contributed by atoms with Gasteiger partial charge < -0.3 is 4.90 Å². The molecule has 0 saturated heterocycles. The number of aryl methyl sites for hydroxylation is 1. The molecule has 0 aromatic carbocycles. The number of rotatable bonds is 2. The summed E-state index contributed by atoms with van der Waals surface area (Å²) in [5.74, 6) is 0.286. The van der Waals surface area contributed by atoms with E-state index in [2.05, 4.69) is 11.9 Å². The van der Waals surface area contributed by atoms with Gasteiger partial charge in [-0.1, -0.05) is 19.8 Å². The minimum Gasteiger partial charge on any atom is -0.337 e. The first-order valence-corrected chi connectivity index (χ1v) is 8.67. The third-order valence-corrected chi connectivity index (χ3v) is 5.40. The van der Waals surface area contributed by atoms with Crippen LogP contribution in [-0.2, 0) is 14.1 Å². The minimum atomic E-state index is -0.455. The molecule has 1 saturated carbocycles. The van der Waals surface area contributed by atoms with Crippen LogP contribution in [0, 0.1) is 5.92 Å². The van der Waals surface area contributed by atoms with E-state index in [9.17, 15) is 14.4 Å².